The van der Waals surface area contributed by atoms with Crippen molar-refractivity contribution in [3.63, 3.8) is 0 Å². The maximum Gasteiger partial charge on any atom is 0.234 e. The van der Waals surface area contributed by atoms with E-state index in [0.717, 1.165) is 5.56 Å². The summed E-state index contributed by atoms with van der Waals surface area (Å²) in [5, 5.41) is 11.8. The van der Waals surface area contributed by atoms with E-state index in [2.05, 4.69) is 5.32 Å². The van der Waals surface area contributed by atoms with Crippen molar-refractivity contribution in [2.24, 2.45) is 5.92 Å². The minimum atomic E-state index is -0.287. The number of amides is 1. The number of nitrogens with one attached hydrogen (secondary N) is 1. The maximum atomic E-state index is 13.0. The average Bonchev–Trinajstić information content (AvgIpc) is 2.37. The smallest absolute Gasteiger partial charge is 0.234 e. The molecule has 0 aliphatic rings. The molecule has 0 heterocycles. The zero-order valence-corrected chi connectivity index (χ0v) is 12.3. The first-order valence-corrected chi connectivity index (χ1v) is 6.78. The molecule has 1 amide bonds. The highest BCUT2D eigenvalue weighted by Gasteiger charge is 2.18. The molecule has 1 atom stereocenters. The lowest BCUT2D eigenvalue weighted by Crippen LogP contribution is -2.39. The topological polar surface area (TPSA) is 52.6 Å². The Morgan fingerprint density at radius 3 is 2.45 bits per heavy atom. The zero-order valence-electron chi connectivity index (χ0n) is 12.3. The van der Waals surface area contributed by atoms with E-state index in [1.165, 1.54) is 12.1 Å². The fourth-order valence-electron chi connectivity index (χ4n) is 2.02. The van der Waals surface area contributed by atoms with Crippen molar-refractivity contribution in [2.45, 2.75) is 19.9 Å². The lowest BCUT2D eigenvalue weighted by molar-refractivity contribution is -0.123. The van der Waals surface area contributed by atoms with Gasteiger partial charge in [0.25, 0.3) is 0 Å². The summed E-state index contributed by atoms with van der Waals surface area (Å²) in [6, 6.07) is 6.03. The van der Waals surface area contributed by atoms with Gasteiger partial charge in [0.15, 0.2) is 0 Å². The third kappa shape index (κ3) is 5.27. The van der Waals surface area contributed by atoms with E-state index in [9.17, 15) is 9.18 Å². The largest absolute Gasteiger partial charge is 0.395 e. The van der Waals surface area contributed by atoms with E-state index in [4.69, 9.17) is 5.11 Å². The van der Waals surface area contributed by atoms with Crippen LogP contribution in [0.15, 0.2) is 24.3 Å². The highest BCUT2D eigenvalue weighted by Crippen LogP contribution is 2.21. The van der Waals surface area contributed by atoms with Crippen LogP contribution < -0.4 is 5.32 Å². The summed E-state index contributed by atoms with van der Waals surface area (Å²) in [6.45, 7) is 4.72. The van der Waals surface area contributed by atoms with Gasteiger partial charge in [-0.05, 0) is 30.7 Å². The first kappa shape index (κ1) is 16.6. The number of likely N-dealkylation sites (N-methyl/N-ethyl adjacent to an activating group) is 1. The van der Waals surface area contributed by atoms with E-state index < -0.39 is 0 Å². The first-order chi connectivity index (χ1) is 9.43. The van der Waals surface area contributed by atoms with Crippen LogP contribution >= 0.6 is 0 Å². The van der Waals surface area contributed by atoms with Crippen LogP contribution in [-0.4, -0.2) is 42.7 Å². The van der Waals surface area contributed by atoms with Crippen LogP contribution in [0.5, 0.6) is 0 Å². The van der Waals surface area contributed by atoms with E-state index in [-0.39, 0.29) is 36.8 Å². The summed E-state index contributed by atoms with van der Waals surface area (Å²) >= 11 is 0. The number of halogens is 1. The normalized spacial score (nSPS) is 12.8. The fraction of sp³-hybridized carbons (Fsp3) is 0.533. The lowest BCUT2D eigenvalue weighted by Gasteiger charge is -2.24. The number of nitrogens with zero attached hydrogens (tertiary/aromatic N) is 1. The van der Waals surface area contributed by atoms with Gasteiger partial charge in [-0.3, -0.25) is 9.69 Å². The number of hydrogen-bond donors (Lipinski definition) is 2. The van der Waals surface area contributed by atoms with Crippen LogP contribution in [0.4, 0.5) is 4.39 Å². The van der Waals surface area contributed by atoms with Crippen molar-refractivity contribution in [3.8, 4) is 0 Å². The summed E-state index contributed by atoms with van der Waals surface area (Å²) in [5.41, 5.74) is 0.888. The molecule has 1 aromatic carbocycles. The molecule has 2 N–H and O–H groups in total. The number of benzene rings is 1. The Labute approximate surface area is 119 Å². The van der Waals surface area contributed by atoms with Crippen molar-refractivity contribution in [3.05, 3.63) is 35.6 Å². The van der Waals surface area contributed by atoms with Gasteiger partial charge in [0.1, 0.15) is 5.82 Å². The van der Waals surface area contributed by atoms with Gasteiger partial charge in [0.2, 0.25) is 5.91 Å². The molecule has 0 aromatic heterocycles. The highest BCUT2D eigenvalue weighted by molar-refractivity contribution is 5.78. The number of rotatable bonds is 7. The van der Waals surface area contributed by atoms with Gasteiger partial charge in [-0.25, -0.2) is 4.39 Å². The second-order valence-corrected chi connectivity index (χ2v) is 5.30. The third-order valence-corrected chi connectivity index (χ3v) is 3.11. The van der Waals surface area contributed by atoms with Gasteiger partial charge in [-0.1, -0.05) is 26.0 Å². The van der Waals surface area contributed by atoms with Crippen LogP contribution in [0.1, 0.15) is 25.5 Å². The van der Waals surface area contributed by atoms with Gasteiger partial charge in [-0.15, -0.1) is 0 Å². The fourth-order valence-corrected chi connectivity index (χ4v) is 2.02. The van der Waals surface area contributed by atoms with Gasteiger partial charge in [-0.2, -0.15) is 0 Å². The number of carbonyl (C=O) groups excluding carboxylic acids is 1. The predicted molar refractivity (Wildman–Crippen MR) is 76.7 cm³/mol. The van der Waals surface area contributed by atoms with Crippen LogP contribution in [0, 0.1) is 11.7 Å². The standard InChI is InChI=1S/C15H23FN2O2/c1-11(2)15(12-4-6-13(16)7-5-12)17-14(20)10-18(3)8-9-19/h4-7,11,15,19H,8-10H2,1-3H3,(H,17,20). The number of aliphatic hydroxyl groups excluding tert-OH is 1. The van der Waals surface area contributed by atoms with Crippen LogP contribution in [0.3, 0.4) is 0 Å². The van der Waals surface area contributed by atoms with Crippen molar-refractivity contribution in [1.82, 2.24) is 10.2 Å². The second kappa shape index (κ2) is 7.97. The van der Waals surface area contributed by atoms with Gasteiger partial charge in [0, 0.05) is 6.54 Å². The number of hydrogen-bond acceptors (Lipinski definition) is 3. The molecule has 0 saturated heterocycles. The highest BCUT2D eigenvalue weighted by atomic mass is 19.1. The lowest BCUT2D eigenvalue weighted by atomic mass is 9.96. The Morgan fingerprint density at radius 1 is 1.35 bits per heavy atom. The van der Waals surface area contributed by atoms with E-state index >= 15 is 0 Å². The number of aliphatic hydroxyl groups is 1. The molecule has 1 rings (SSSR count). The minimum absolute atomic E-state index is 0.0232. The molecule has 1 unspecified atom stereocenters. The van der Waals surface area contributed by atoms with E-state index in [1.807, 2.05) is 13.8 Å². The van der Waals surface area contributed by atoms with Gasteiger partial charge < -0.3 is 10.4 Å². The Morgan fingerprint density at radius 2 is 1.95 bits per heavy atom. The molecule has 112 valence electrons. The maximum absolute atomic E-state index is 13.0. The Kier molecular flexibility index (Phi) is 6.61. The molecule has 20 heavy (non-hydrogen) atoms. The molecule has 0 spiro atoms. The molecule has 5 heteroatoms. The van der Waals surface area contributed by atoms with Gasteiger partial charge in [0.05, 0.1) is 19.2 Å². The van der Waals surface area contributed by atoms with E-state index in [0.29, 0.717) is 6.54 Å². The molecular weight excluding hydrogens is 259 g/mol. The SMILES string of the molecule is CC(C)C(NC(=O)CN(C)CCO)c1ccc(F)cc1. The summed E-state index contributed by atoms with van der Waals surface area (Å²) in [4.78, 5) is 13.7. The minimum Gasteiger partial charge on any atom is -0.395 e. The van der Waals surface area contributed by atoms with Gasteiger partial charge >= 0.3 is 0 Å². The molecule has 0 aliphatic heterocycles. The molecule has 4 nitrogen and oxygen atoms in total. The molecule has 0 radical (unpaired) electrons. The summed E-state index contributed by atoms with van der Waals surface area (Å²) in [6.07, 6.45) is 0. The number of carbonyl (C=O) groups is 1. The monoisotopic (exact) mass is 282 g/mol. The van der Waals surface area contributed by atoms with Crippen molar-refractivity contribution in [1.29, 1.82) is 0 Å². The van der Waals surface area contributed by atoms with Crippen LogP contribution in [0.25, 0.3) is 0 Å². The molecule has 0 aliphatic carbocycles. The molecule has 0 bridgehead atoms. The quantitative estimate of drug-likeness (QED) is 0.798. The zero-order chi connectivity index (χ0) is 15.1. The van der Waals surface area contributed by atoms with Crippen molar-refractivity contribution < 1.29 is 14.3 Å². The van der Waals surface area contributed by atoms with Crippen LogP contribution in [-0.2, 0) is 4.79 Å². The summed E-state index contributed by atoms with van der Waals surface area (Å²) in [5.74, 6) is -0.193. The van der Waals surface area contributed by atoms with E-state index in [1.54, 1.807) is 24.1 Å². The van der Waals surface area contributed by atoms with Crippen molar-refractivity contribution in [2.75, 3.05) is 26.7 Å². The predicted octanol–water partition coefficient (Wildman–Crippen LogP) is 1.56. The van der Waals surface area contributed by atoms with Crippen molar-refractivity contribution >= 4 is 5.91 Å². The molecule has 0 fully saturated rings. The Balaban J connectivity index is 2.68. The Bertz CT molecular complexity index is 420. The molecule has 1 aromatic rings. The first-order valence-electron chi connectivity index (χ1n) is 6.78. The summed E-state index contributed by atoms with van der Waals surface area (Å²) < 4.78 is 13.0. The second-order valence-electron chi connectivity index (χ2n) is 5.30. The average molecular weight is 282 g/mol. The Hall–Kier alpha value is -1.46. The van der Waals surface area contributed by atoms with Crippen LogP contribution in [0.2, 0.25) is 0 Å². The molecule has 0 saturated carbocycles. The summed E-state index contributed by atoms with van der Waals surface area (Å²) in [7, 11) is 1.78. The third-order valence-electron chi connectivity index (χ3n) is 3.11. The molecular formula is C15H23FN2O2.